The number of thioether (sulfide) groups is 1. The lowest BCUT2D eigenvalue weighted by Crippen LogP contribution is -2.41. The highest BCUT2D eigenvalue weighted by Crippen LogP contribution is 2.36. The molecule has 5 heteroatoms. The Hall–Kier alpha value is -0.940. The first kappa shape index (κ1) is 13.5. The van der Waals surface area contributed by atoms with E-state index in [1.807, 2.05) is 28.0 Å². The summed E-state index contributed by atoms with van der Waals surface area (Å²) < 4.78 is 0. The van der Waals surface area contributed by atoms with E-state index in [-0.39, 0.29) is 6.03 Å². The number of hydrogen-bond acceptors (Lipinski definition) is 3. The van der Waals surface area contributed by atoms with Crippen LogP contribution >= 0.6 is 23.1 Å². The van der Waals surface area contributed by atoms with E-state index in [9.17, 15) is 4.79 Å². The molecule has 2 amide bonds. The van der Waals surface area contributed by atoms with E-state index in [1.54, 1.807) is 6.08 Å². The van der Waals surface area contributed by atoms with Gasteiger partial charge in [-0.2, -0.15) is 11.8 Å². The van der Waals surface area contributed by atoms with Crippen molar-refractivity contribution in [3.8, 4) is 0 Å². The van der Waals surface area contributed by atoms with Gasteiger partial charge in [-0.3, -0.25) is 0 Å². The molecule has 0 radical (unpaired) electrons. The number of urea groups is 1. The number of carbonyl (C=O) groups is 1. The van der Waals surface area contributed by atoms with Crippen molar-refractivity contribution in [1.82, 2.24) is 10.2 Å². The molecule has 1 saturated heterocycles. The van der Waals surface area contributed by atoms with E-state index in [4.69, 9.17) is 0 Å². The Bertz CT molecular complexity index is 392. The van der Waals surface area contributed by atoms with Gasteiger partial charge < -0.3 is 10.2 Å². The molecule has 0 saturated carbocycles. The van der Waals surface area contributed by atoms with Crippen molar-refractivity contribution in [2.75, 3.05) is 25.4 Å². The predicted molar refractivity (Wildman–Crippen MR) is 79.3 cm³/mol. The van der Waals surface area contributed by atoms with Crippen LogP contribution in [0.25, 0.3) is 0 Å². The van der Waals surface area contributed by atoms with Crippen LogP contribution in [0.3, 0.4) is 0 Å². The van der Waals surface area contributed by atoms with Gasteiger partial charge in [-0.15, -0.1) is 17.9 Å². The fraction of sp³-hybridized carbons (Fsp3) is 0.462. The van der Waals surface area contributed by atoms with E-state index in [0.29, 0.717) is 11.8 Å². The minimum absolute atomic E-state index is 0.0299. The second kappa shape index (κ2) is 6.85. The average Bonchev–Trinajstić information content (AvgIpc) is 2.80. The minimum atomic E-state index is 0.0299. The topological polar surface area (TPSA) is 32.3 Å². The van der Waals surface area contributed by atoms with Gasteiger partial charge in [-0.1, -0.05) is 12.1 Å². The number of rotatable bonds is 3. The van der Waals surface area contributed by atoms with Crippen LogP contribution in [0, 0.1) is 0 Å². The quantitative estimate of drug-likeness (QED) is 0.864. The molecule has 0 aliphatic carbocycles. The van der Waals surface area contributed by atoms with Crippen molar-refractivity contribution >= 4 is 29.1 Å². The Morgan fingerprint density at radius 3 is 3.22 bits per heavy atom. The third kappa shape index (κ3) is 3.53. The molecular weight excluding hydrogens is 264 g/mol. The van der Waals surface area contributed by atoms with Crippen LogP contribution in [0.4, 0.5) is 4.79 Å². The molecule has 0 aromatic carbocycles. The second-order valence-corrected chi connectivity index (χ2v) is 6.42. The van der Waals surface area contributed by atoms with Crippen LogP contribution in [0.1, 0.15) is 16.5 Å². The van der Waals surface area contributed by atoms with Gasteiger partial charge >= 0.3 is 6.03 Å². The highest BCUT2D eigenvalue weighted by atomic mass is 32.2. The number of nitrogens with zero attached hydrogens (tertiary/aromatic N) is 1. The maximum Gasteiger partial charge on any atom is 0.317 e. The van der Waals surface area contributed by atoms with Gasteiger partial charge in [-0.25, -0.2) is 4.79 Å². The molecule has 1 aliphatic rings. The van der Waals surface area contributed by atoms with Gasteiger partial charge in [0.2, 0.25) is 0 Å². The molecule has 0 bridgehead atoms. The van der Waals surface area contributed by atoms with Crippen LogP contribution in [0.15, 0.2) is 30.2 Å². The van der Waals surface area contributed by atoms with Gasteiger partial charge in [0, 0.05) is 35.5 Å². The first-order valence-electron chi connectivity index (χ1n) is 6.10. The minimum Gasteiger partial charge on any atom is -0.335 e. The molecular formula is C13H18N2OS2. The smallest absolute Gasteiger partial charge is 0.317 e. The zero-order chi connectivity index (χ0) is 12.8. The Kier molecular flexibility index (Phi) is 5.13. The molecule has 1 atom stereocenters. The van der Waals surface area contributed by atoms with Gasteiger partial charge in [-0.05, 0) is 17.9 Å². The van der Waals surface area contributed by atoms with Crippen LogP contribution in [-0.2, 0) is 0 Å². The molecule has 2 heterocycles. The van der Waals surface area contributed by atoms with Crippen LogP contribution in [0.5, 0.6) is 0 Å². The first-order valence-corrected chi connectivity index (χ1v) is 8.03. The molecule has 1 N–H and O–H groups in total. The summed E-state index contributed by atoms with van der Waals surface area (Å²) in [4.78, 5) is 15.2. The van der Waals surface area contributed by atoms with Crippen LogP contribution in [0.2, 0.25) is 0 Å². The fourth-order valence-electron chi connectivity index (χ4n) is 1.95. The fourth-order valence-corrected chi connectivity index (χ4v) is 4.18. The number of carbonyl (C=O) groups excluding carboxylic acids is 1. The van der Waals surface area contributed by atoms with Crippen molar-refractivity contribution in [2.24, 2.45) is 0 Å². The summed E-state index contributed by atoms with van der Waals surface area (Å²) in [6.45, 7) is 5.81. The summed E-state index contributed by atoms with van der Waals surface area (Å²) in [5.74, 6) is 1.00. The van der Waals surface area contributed by atoms with Gasteiger partial charge in [0.05, 0.1) is 0 Å². The Balaban J connectivity index is 1.88. The maximum atomic E-state index is 11.9. The number of amides is 2. The summed E-state index contributed by atoms with van der Waals surface area (Å²) in [6.07, 6.45) is 2.74. The Morgan fingerprint density at radius 1 is 1.61 bits per heavy atom. The monoisotopic (exact) mass is 282 g/mol. The second-order valence-electron chi connectivity index (χ2n) is 4.13. The lowest BCUT2D eigenvalue weighted by Gasteiger charge is -2.20. The summed E-state index contributed by atoms with van der Waals surface area (Å²) >= 11 is 3.76. The molecule has 2 rings (SSSR count). The van der Waals surface area contributed by atoms with Gasteiger partial charge in [0.15, 0.2) is 0 Å². The Morgan fingerprint density at radius 2 is 2.50 bits per heavy atom. The summed E-state index contributed by atoms with van der Waals surface area (Å²) in [5, 5.41) is 5.51. The van der Waals surface area contributed by atoms with E-state index >= 15 is 0 Å². The molecule has 18 heavy (non-hydrogen) atoms. The van der Waals surface area contributed by atoms with Crippen molar-refractivity contribution in [3.63, 3.8) is 0 Å². The molecule has 1 aromatic heterocycles. The van der Waals surface area contributed by atoms with Gasteiger partial charge in [0.25, 0.3) is 0 Å². The lowest BCUT2D eigenvalue weighted by molar-refractivity contribution is 0.202. The first-order chi connectivity index (χ1) is 8.81. The summed E-state index contributed by atoms with van der Waals surface area (Å²) in [6, 6.07) is 4.32. The summed E-state index contributed by atoms with van der Waals surface area (Å²) in [5.41, 5.74) is 0. The van der Waals surface area contributed by atoms with E-state index in [0.717, 1.165) is 25.3 Å². The van der Waals surface area contributed by atoms with Crippen molar-refractivity contribution in [2.45, 2.75) is 11.7 Å². The number of thiophene rings is 1. The Labute approximate surface area is 116 Å². The molecule has 3 nitrogen and oxygen atoms in total. The third-order valence-corrected chi connectivity index (χ3v) is 5.33. The van der Waals surface area contributed by atoms with Crippen LogP contribution < -0.4 is 5.32 Å². The van der Waals surface area contributed by atoms with E-state index in [1.165, 1.54) is 4.88 Å². The standard InChI is InChI=1S/C13H18N2OS2/c1-2-6-14-13(16)15-7-5-12(18-10-8-15)11-4-3-9-17-11/h2-4,9,12H,1,5-8,10H2,(H,14,16). The number of hydrogen-bond donors (Lipinski definition) is 1. The SMILES string of the molecule is C=CCNC(=O)N1CCSC(c2cccs2)CC1. The number of nitrogens with one attached hydrogen (secondary N) is 1. The van der Waals surface area contributed by atoms with E-state index in [2.05, 4.69) is 29.4 Å². The third-order valence-electron chi connectivity index (χ3n) is 2.89. The van der Waals surface area contributed by atoms with E-state index < -0.39 is 0 Å². The van der Waals surface area contributed by atoms with Crippen molar-refractivity contribution in [1.29, 1.82) is 0 Å². The van der Waals surface area contributed by atoms with Crippen LogP contribution in [-0.4, -0.2) is 36.3 Å². The average molecular weight is 282 g/mol. The molecule has 1 aliphatic heterocycles. The summed E-state index contributed by atoms with van der Waals surface area (Å²) in [7, 11) is 0. The zero-order valence-corrected chi connectivity index (χ0v) is 11.9. The maximum absolute atomic E-state index is 11.9. The zero-order valence-electron chi connectivity index (χ0n) is 10.3. The predicted octanol–water partition coefficient (Wildman–Crippen LogP) is 3.12. The molecule has 1 aromatic rings. The molecule has 0 spiro atoms. The highest BCUT2D eigenvalue weighted by molar-refractivity contribution is 7.99. The van der Waals surface area contributed by atoms with Gasteiger partial charge in [0.1, 0.15) is 0 Å². The normalized spacial score (nSPS) is 20.2. The molecule has 98 valence electrons. The molecule has 1 fully saturated rings. The molecule has 1 unspecified atom stereocenters. The lowest BCUT2D eigenvalue weighted by atomic mass is 10.2. The largest absolute Gasteiger partial charge is 0.335 e. The van der Waals surface area contributed by atoms with Crippen molar-refractivity contribution < 1.29 is 4.79 Å². The van der Waals surface area contributed by atoms with Crippen molar-refractivity contribution in [3.05, 3.63) is 35.0 Å². The highest BCUT2D eigenvalue weighted by Gasteiger charge is 2.22.